The van der Waals surface area contributed by atoms with Crippen molar-refractivity contribution in [2.75, 3.05) is 7.11 Å². The van der Waals surface area contributed by atoms with Crippen LogP contribution in [0.5, 0.6) is 5.75 Å². The molecule has 1 aromatic heterocycles. The molecule has 1 aliphatic carbocycles. The van der Waals surface area contributed by atoms with E-state index >= 15 is 0 Å². The number of hydrogen-bond donors (Lipinski definition) is 1. The van der Waals surface area contributed by atoms with E-state index in [1.54, 1.807) is 13.4 Å². The molecule has 0 amide bonds. The molecule has 1 atom stereocenters. The second-order valence-corrected chi connectivity index (χ2v) is 4.88. The number of benzene rings is 1. The zero-order chi connectivity index (χ0) is 12.4. The first-order chi connectivity index (χ1) is 8.88. The van der Waals surface area contributed by atoms with E-state index in [-0.39, 0.29) is 0 Å². The van der Waals surface area contributed by atoms with Crippen molar-refractivity contribution in [1.82, 2.24) is 9.97 Å². The molecule has 18 heavy (non-hydrogen) atoms. The van der Waals surface area contributed by atoms with Crippen molar-refractivity contribution >= 4 is 0 Å². The topological polar surface area (TPSA) is 37.9 Å². The third-order valence-corrected chi connectivity index (χ3v) is 3.82. The van der Waals surface area contributed by atoms with Gasteiger partial charge >= 0.3 is 0 Å². The van der Waals surface area contributed by atoms with Crippen LogP contribution in [0, 0.1) is 0 Å². The van der Waals surface area contributed by atoms with Crippen LogP contribution in [0.2, 0.25) is 0 Å². The molecule has 94 valence electrons. The van der Waals surface area contributed by atoms with E-state index in [2.05, 4.69) is 28.2 Å². The zero-order valence-corrected chi connectivity index (χ0v) is 10.6. The van der Waals surface area contributed by atoms with Gasteiger partial charge in [0.25, 0.3) is 0 Å². The van der Waals surface area contributed by atoms with Gasteiger partial charge in [0.15, 0.2) is 0 Å². The average molecular weight is 242 g/mol. The molecule has 3 rings (SSSR count). The molecule has 3 nitrogen and oxygen atoms in total. The Morgan fingerprint density at radius 1 is 1.44 bits per heavy atom. The molecule has 0 spiro atoms. The van der Waals surface area contributed by atoms with Crippen LogP contribution in [0.1, 0.15) is 35.6 Å². The molecule has 2 aromatic rings. The Bertz CT molecular complexity index is 519. The van der Waals surface area contributed by atoms with Gasteiger partial charge in [-0.3, -0.25) is 0 Å². The van der Waals surface area contributed by atoms with Gasteiger partial charge in [0, 0.05) is 6.20 Å². The Balaban J connectivity index is 1.92. The monoisotopic (exact) mass is 242 g/mol. The SMILES string of the molecule is COc1cccc2c1CCCC2Cc1c[nH]cn1. The lowest BCUT2D eigenvalue weighted by molar-refractivity contribution is 0.402. The maximum atomic E-state index is 5.47. The van der Waals surface area contributed by atoms with E-state index in [9.17, 15) is 0 Å². The molecule has 1 aromatic carbocycles. The first-order valence-corrected chi connectivity index (χ1v) is 6.52. The molecule has 3 heteroatoms. The smallest absolute Gasteiger partial charge is 0.122 e. The van der Waals surface area contributed by atoms with Crippen LogP contribution in [0.4, 0.5) is 0 Å². The molecule has 0 fully saturated rings. The molecule has 1 heterocycles. The second-order valence-electron chi connectivity index (χ2n) is 4.88. The van der Waals surface area contributed by atoms with Crippen molar-refractivity contribution < 1.29 is 4.74 Å². The number of nitrogens with zero attached hydrogens (tertiary/aromatic N) is 1. The van der Waals surface area contributed by atoms with Gasteiger partial charge in [-0.2, -0.15) is 0 Å². The number of nitrogens with one attached hydrogen (secondary N) is 1. The highest BCUT2D eigenvalue weighted by Crippen LogP contribution is 2.37. The number of ether oxygens (including phenoxy) is 1. The van der Waals surface area contributed by atoms with Gasteiger partial charge in [-0.05, 0) is 48.8 Å². The predicted octanol–water partition coefficient (Wildman–Crippen LogP) is 3.08. The Kier molecular flexibility index (Phi) is 3.05. The van der Waals surface area contributed by atoms with Crippen LogP contribution in [0.15, 0.2) is 30.7 Å². The Morgan fingerprint density at radius 2 is 2.39 bits per heavy atom. The Labute approximate surface area is 107 Å². The molecular formula is C15H18N2O. The van der Waals surface area contributed by atoms with Crippen LogP contribution in [-0.2, 0) is 12.8 Å². The molecule has 0 radical (unpaired) electrons. The normalized spacial score (nSPS) is 18.4. The predicted molar refractivity (Wildman–Crippen MR) is 71.0 cm³/mol. The third kappa shape index (κ3) is 2.01. The maximum Gasteiger partial charge on any atom is 0.122 e. The molecule has 0 saturated heterocycles. The van der Waals surface area contributed by atoms with Gasteiger partial charge in [-0.25, -0.2) is 4.98 Å². The van der Waals surface area contributed by atoms with Gasteiger partial charge in [-0.1, -0.05) is 12.1 Å². The summed E-state index contributed by atoms with van der Waals surface area (Å²) in [7, 11) is 1.76. The lowest BCUT2D eigenvalue weighted by Crippen LogP contribution is -2.13. The number of aromatic nitrogens is 2. The number of hydrogen-bond acceptors (Lipinski definition) is 2. The quantitative estimate of drug-likeness (QED) is 0.898. The van der Waals surface area contributed by atoms with Gasteiger partial charge in [0.1, 0.15) is 5.75 Å². The summed E-state index contributed by atoms with van der Waals surface area (Å²) >= 11 is 0. The highest BCUT2D eigenvalue weighted by Gasteiger charge is 2.23. The molecule has 0 saturated carbocycles. The third-order valence-electron chi connectivity index (χ3n) is 3.82. The summed E-state index contributed by atoms with van der Waals surface area (Å²) < 4.78 is 5.47. The summed E-state index contributed by atoms with van der Waals surface area (Å²) in [6, 6.07) is 6.41. The molecule has 1 N–H and O–H groups in total. The van der Waals surface area contributed by atoms with Crippen molar-refractivity contribution in [3.8, 4) is 5.75 Å². The number of H-pyrrole nitrogens is 1. The lowest BCUT2D eigenvalue weighted by atomic mass is 9.80. The van der Waals surface area contributed by atoms with E-state index in [0.717, 1.165) is 24.3 Å². The fraction of sp³-hybridized carbons (Fsp3) is 0.400. The van der Waals surface area contributed by atoms with E-state index in [1.807, 2.05) is 6.20 Å². The summed E-state index contributed by atoms with van der Waals surface area (Å²) in [5.74, 6) is 1.62. The van der Waals surface area contributed by atoms with Gasteiger partial charge < -0.3 is 9.72 Å². The standard InChI is InChI=1S/C15H18N2O/c1-18-15-7-3-5-13-11(4-2-6-14(13)15)8-12-9-16-10-17-12/h3,5,7,9-11H,2,4,6,8H2,1H3,(H,16,17). The van der Waals surface area contributed by atoms with Crippen LogP contribution in [-0.4, -0.2) is 17.1 Å². The average Bonchev–Trinajstić information content (AvgIpc) is 2.91. The molecular weight excluding hydrogens is 224 g/mol. The molecule has 1 unspecified atom stereocenters. The lowest BCUT2D eigenvalue weighted by Gasteiger charge is -2.26. The molecule has 1 aliphatic rings. The second kappa shape index (κ2) is 4.84. The summed E-state index contributed by atoms with van der Waals surface area (Å²) in [5, 5.41) is 0. The number of rotatable bonds is 3. The van der Waals surface area contributed by atoms with Crippen LogP contribution >= 0.6 is 0 Å². The summed E-state index contributed by atoms with van der Waals surface area (Å²) in [4.78, 5) is 7.37. The first-order valence-electron chi connectivity index (χ1n) is 6.52. The van der Waals surface area contributed by atoms with Crippen molar-refractivity contribution in [1.29, 1.82) is 0 Å². The maximum absolute atomic E-state index is 5.47. The first kappa shape index (κ1) is 11.3. The van der Waals surface area contributed by atoms with Gasteiger partial charge in [-0.15, -0.1) is 0 Å². The molecule has 0 bridgehead atoms. The van der Waals surface area contributed by atoms with Gasteiger partial charge in [0.2, 0.25) is 0 Å². The highest BCUT2D eigenvalue weighted by molar-refractivity contribution is 5.44. The van der Waals surface area contributed by atoms with Crippen molar-refractivity contribution in [3.05, 3.63) is 47.5 Å². The van der Waals surface area contributed by atoms with E-state index < -0.39 is 0 Å². The molecule has 0 aliphatic heterocycles. The van der Waals surface area contributed by atoms with Crippen molar-refractivity contribution in [3.63, 3.8) is 0 Å². The minimum absolute atomic E-state index is 0.576. The number of methoxy groups -OCH3 is 1. The van der Waals surface area contributed by atoms with Crippen molar-refractivity contribution in [2.24, 2.45) is 0 Å². The summed E-state index contributed by atoms with van der Waals surface area (Å²) in [6.45, 7) is 0. The van der Waals surface area contributed by atoms with Gasteiger partial charge in [0.05, 0.1) is 19.1 Å². The van der Waals surface area contributed by atoms with Crippen LogP contribution in [0.3, 0.4) is 0 Å². The minimum atomic E-state index is 0.576. The van der Waals surface area contributed by atoms with E-state index in [0.29, 0.717) is 5.92 Å². The number of fused-ring (bicyclic) bond motifs is 1. The Morgan fingerprint density at radius 3 is 3.17 bits per heavy atom. The number of aromatic amines is 1. The number of imidazole rings is 1. The summed E-state index contributed by atoms with van der Waals surface area (Å²) in [6.07, 6.45) is 8.38. The fourth-order valence-corrected chi connectivity index (χ4v) is 2.97. The van der Waals surface area contributed by atoms with Crippen LogP contribution in [0.25, 0.3) is 0 Å². The Hall–Kier alpha value is -1.77. The zero-order valence-electron chi connectivity index (χ0n) is 10.6. The van der Waals surface area contributed by atoms with Crippen molar-refractivity contribution in [2.45, 2.75) is 31.6 Å². The fourth-order valence-electron chi connectivity index (χ4n) is 2.97. The van der Waals surface area contributed by atoms with Crippen LogP contribution < -0.4 is 4.74 Å². The van der Waals surface area contributed by atoms with E-state index in [1.165, 1.54) is 24.0 Å². The van der Waals surface area contributed by atoms with E-state index in [4.69, 9.17) is 4.74 Å². The minimum Gasteiger partial charge on any atom is -0.496 e. The highest BCUT2D eigenvalue weighted by atomic mass is 16.5. The summed E-state index contributed by atoms with van der Waals surface area (Å²) in [5.41, 5.74) is 3.99. The largest absolute Gasteiger partial charge is 0.496 e.